The predicted molar refractivity (Wildman–Crippen MR) is 94.0 cm³/mol. The lowest BCUT2D eigenvalue weighted by molar-refractivity contribution is 0.317. The summed E-state index contributed by atoms with van der Waals surface area (Å²) in [5, 5.41) is 29.9. The van der Waals surface area contributed by atoms with Gasteiger partial charge in [-0.2, -0.15) is 10.2 Å². The molecule has 122 valence electrons. The van der Waals surface area contributed by atoms with E-state index >= 15 is 0 Å². The van der Waals surface area contributed by atoms with E-state index in [1.165, 1.54) is 6.21 Å². The normalized spacial score (nSPS) is 11.3. The number of nitrogens with zero attached hydrogens (tertiary/aromatic N) is 3. The number of nitrogens with two attached hydrogens (primary N) is 1. The quantitative estimate of drug-likeness (QED) is 0.226. The molecule has 8 nitrogen and oxygen atoms in total. The molecular weight excluding hydrogens is 297 g/mol. The Morgan fingerprint density at radius 2 is 2.22 bits per heavy atom. The van der Waals surface area contributed by atoms with Gasteiger partial charge < -0.3 is 20.5 Å². The van der Waals surface area contributed by atoms with Crippen LogP contribution in [0.5, 0.6) is 5.75 Å². The third-order valence-corrected chi connectivity index (χ3v) is 2.69. The van der Waals surface area contributed by atoms with Crippen molar-refractivity contribution in [2.24, 2.45) is 21.0 Å². The van der Waals surface area contributed by atoms with E-state index in [1.54, 1.807) is 18.2 Å². The molecule has 1 rings (SSSR count). The van der Waals surface area contributed by atoms with E-state index in [9.17, 15) is 10.0 Å². The second-order valence-corrected chi connectivity index (χ2v) is 4.45. The fourth-order valence-electron chi connectivity index (χ4n) is 1.73. The van der Waals surface area contributed by atoms with Crippen LogP contribution < -0.4 is 21.4 Å². The van der Waals surface area contributed by atoms with Crippen LogP contribution in [0.3, 0.4) is 0 Å². The number of guanidine groups is 1. The molecule has 0 aromatic heterocycles. The van der Waals surface area contributed by atoms with Gasteiger partial charge in [-0.05, 0) is 18.1 Å². The lowest BCUT2D eigenvalue weighted by atomic mass is 9.77. The van der Waals surface area contributed by atoms with E-state index < -0.39 is 7.12 Å². The first kappa shape index (κ1) is 18.4. The van der Waals surface area contributed by atoms with E-state index in [1.807, 2.05) is 6.92 Å². The summed E-state index contributed by atoms with van der Waals surface area (Å²) in [5.74, 6) is 0.286. The topological polar surface area (TPSA) is 125 Å². The summed E-state index contributed by atoms with van der Waals surface area (Å²) in [5.41, 5.74) is 9.22. The maximum atomic E-state index is 9.55. The molecule has 0 saturated carbocycles. The maximum Gasteiger partial charge on any atom is 0.492 e. The van der Waals surface area contributed by atoms with Crippen LogP contribution in [-0.4, -0.2) is 42.7 Å². The molecule has 1 aromatic rings. The fraction of sp³-hybridized carbons (Fsp3) is 0.214. The zero-order valence-electron chi connectivity index (χ0n) is 12.9. The summed E-state index contributed by atoms with van der Waals surface area (Å²) in [6.45, 7) is 9.24. The first-order chi connectivity index (χ1) is 11.0. The van der Waals surface area contributed by atoms with Crippen molar-refractivity contribution in [3.05, 3.63) is 29.8 Å². The molecule has 23 heavy (non-hydrogen) atoms. The SMILES string of the molecule is C=Cc1cc(C=N/N=C(\N)NN=C)c(OCCC)c(B(O)O)c1. The van der Waals surface area contributed by atoms with Gasteiger partial charge in [0.25, 0.3) is 0 Å². The van der Waals surface area contributed by atoms with Crippen molar-refractivity contribution in [1.82, 2.24) is 5.43 Å². The number of hydrogen-bond acceptors (Lipinski definition) is 6. The van der Waals surface area contributed by atoms with Crippen LogP contribution in [0.15, 0.2) is 34.0 Å². The van der Waals surface area contributed by atoms with E-state index in [0.29, 0.717) is 23.5 Å². The van der Waals surface area contributed by atoms with Gasteiger partial charge in [-0.25, -0.2) is 5.43 Å². The Morgan fingerprint density at radius 1 is 1.48 bits per heavy atom. The van der Waals surface area contributed by atoms with Gasteiger partial charge >= 0.3 is 7.12 Å². The molecule has 0 aliphatic rings. The van der Waals surface area contributed by atoms with Gasteiger partial charge in [0.05, 0.1) is 12.8 Å². The van der Waals surface area contributed by atoms with Gasteiger partial charge in [0.2, 0.25) is 5.96 Å². The molecule has 0 aliphatic heterocycles. The van der Waals surface area contributed by atoms with Crippen molar-refractivity contribution in [2.45, 2.75) is 13.3 Å². The third kappa shape index (κ3) is 5.57. The van der Waals surface area contributed by atoms with Crippen LogP contribution in [0.25, 0.3) is 6.08 Å². The van der Waals surface area contributed by atoms with Gasteiger partial charge in [-0.1, -0.05) is 25.6 Å². The standard InChI is InChI=1S/C14H20BN5O3/c1-4-6-23-13-11(9-18-20-14(16)19-17-3)7-10(5-2)8-12(13)15(21)22/h5,7-9,21-22H,2-4,6H2,1H3,(H3,16,19,20). The molecule has 0 bridgehead atoms. The van der Waals surface area contributed by atoms with Gasteiger partial charge in [0.15, 0.2) is 0 Å². The molecule has 0 atom stereocenters. The largest absolute Gasteiger partial charge is 0.493 e. The average Bonchev–Trinajstić information content (AvgIpc) is 2.53. The van der Waals surface area contributed by atoms with Gasteiger partial charge in [0.1, 0.15) is 5.75 Å². The second kappa shape index (κ2) is 9.39. The zero-order valence-corrected chi connectivity index (χ0v) is 12.9. The number of nitrogens with one attached hydrogen (secondary N) is 1. The molecule has 0 amide bonds. The van der Waals surface area contributed by atoms with Gasteiger partial charge in [-0.15, -0.1) is 5.10 Å². The summed E-state index contributed by atoms with van der Waals surface area (Å²) in [6.07, 6.45) is 3.73. The Morgan fingerprint density at radius 3 is 2.78 bits per heavy atom. The number of hydrazone groups is 1. The highest BCUT2D eigenvalue weighted by Crippen LogP contribution is 2.18. The lowest BCUT2D eigenvalue weighted by Gasteiger charge is -2.14. The Labute approximate surface area is 135 Å². The van der Waals surface area contributed by atoms with Crippen LogP contribution in [-0.2, 0) is 0 Å². The van der Waals surface area contributed by atoms with Crippen LogP contribution in [0.2, 0.25) is 0 Å². The van der Waals surface area contributed by atoms with Gasteiger partial charge in [-0.3, -0.25) is 0 Å². The van der Waals surface area contributed by atoms with Crippen molar-refractivity contribution in [1.29, 1.82) is 0 Å². The van der Waals surface area contributed by atoms with E-state index in [4.69, 9.17) is 10.5 Å². The highest BCUT2D eigenvalue weighted by atomic mass is 16.5. The monoisotopic (exact) mass is 317 g/mol. The van der Waals surface area contributed by atoms with Gasteiger partial charge in [0, 0.05) is 17.7 Å². The van der Waals surface area contributed by atoms with Crippen molar-refractivity contribution < 1.29 is 14.8 Å². The molecule has 0 spiro atoms. The van der Waals surface area contributed by atoms with Crippen LogP contribution >= 0.6 is 0 Å². The average molecular weight is 317 g/mol. The summed E-state index contributed by atoms with van der Waals surface area (Å²) in [4.78, 5) is 0. The van der Waals surface area contributed by atoms with E-state index in [0.717, 1.165) is 6.42 Å². The minimum atomic E-state index is -1.69. The summed E-state index contributed by atoms with van der Waals surface area (Å²) < 4.78 is 5.61. The molecule has 9 heteroatoms. The molecule has 5 N–H and O–H groups in total. The highest BCUT2D eigenvalue weighted by molar-refractivity contribution is 6.60. The van der Waals surface area contributed by atoms with Crippen LogP contribution in [0, 0.1) is 0 Å². The Balaban J connectivity index is 3.27. The lowest BCUT2D eigenvalue weighted by Crippen LogP contribution is -2.32. The Kier molecular flexibility index (Phi) is 7.51. The Hall–Kier alpha value is -2.65. The van der Waals surface area contributed by atoms with Crippen molar-refractivity contribution in [3.8, 4) is 5.75 Å². The first-order valence-corrected chi connectivity index (χ1v) is 6.91. The number of ether oxygens (including phenoxy) is 1. The van der Waals surface area contributed by atoms with Crippen LogP contribution in [0.1, 0.15) is 24.5 Å². The number of hydrogen-bond donors (Lipinski definition) is 4. The van der Waals surface area contributed by atoms with Crippen LogP contribution in [0.4, 0.5) is 0 Å². The molecule has 0 heterocycles. The first-order valence-electron chi connectivity index (χ1n) is 6.91. The molecule has 0 aliphatic carbocycles. The number of rotatable bonds is 8. The Bertz CT molecular complexity index is 617. The fourth-order valence-corrected chi connectivity index (χ4v) is 1.73. The van der Waals surface area contributed by atoms with Crippen molar-refractivity contribution >= 4 is 37.5 Å². The molecule has 0 fully saturated rings. The second-order valence-electron chi connectivity index (χ2n) is 4.45. The molecule has 0 radical (unpaired) electrons. The molecule has 0 saturated heterocycles. The molecular formula is C14H20BN5O3. The summed E-state index contributed by atoms with van der Waals surface area (Å²) in [6, 6.07) is 3.32. The minimum absolute atomic E-state index is 0.0328. The summed E-state index contributed by atoms with van der Waals surface area (Å²) >= 11 is 0. The van der Waals surface area contributed by atoms with Crippen molar-refractivity contribution in [2.75, 3.05) is 6.61 Å². The maximum absolute atomic E-state index is 9.55. The zero-order chi connectivity index (χ0) is 17.2. The third-order valence-electron chi connectivity index (χ3n) is 2.69. The van der Waals surface area contributed by atoms with E-state index in [-0.39, 0.29) is 11.4 Å². The predicted octanol–water partition coefficient (Wildman–Crippen LogP) is -0.348. The highest BCUT2D eigenvalue weighted by Gasteiger charge is 2.20. The minimum Gasteiger partial charge on any atom is -0.493 e. The smallest absolute Gasteiger partial charge is 0.492 e. The summed E-state index contributed by atoms with van der Waals surface area (Å²) in [7, 11) is -1.69. The number of benzene rings is 1. The molecule has 0 unspecified atom stereocenters. The van der Waals surface area contributed by atoms with Crippen molar-refractivity contribution in [3.63, 3.8) is 0 Å². The molecule has 1 aromatic carbocycles. The van der Waals surface area contributed by atoms with E-state index in [2.05, 4.69) is 34.0 Å².